The third-order valence-electron chi connectivity index (χ3n) is 2.20. The van der Waals surface area contributed by atoms with Crippen molar-refractivity contribution in [3.05, 3.63) is 34.9 Å². The first kappa shape index (κ1) is 7.50. The second kappa shape index (κ2) is 3.07. The molecule has 1 aliphatic heterocycles. The van der Waals surface area contributed by atoms with Gasteiger partial charge in [0.15, 0.2) is 0 Å². The Labute approximate surface area is 71.6 Å². The first-order valence-corrected chi connectivity index (χ1v) is 4.13. The summed E-state index contributed by atoms with van der Waals surface area (Å²) < 4.78 is 0. The van der Waals surface area contributed by atoms with E-state index in [0.29, 0.717) is 0 Å². The van der Waals surface area contributed by atoms with Crippen molar-refractivity contribution in [1.29, 1.82) is 0 Å². The van der Waals surface area contributed by atoms with Gasteiger partial charge in [0.25, 0.3) is 0 Å². The Morgan fingerprint density at radius 1 is 1.42 bits per heavy atom. The molecule has 2 heteroatoms. The van der Waals surface area contributed by atoms with Gasteiger partial charge in [0.2, 0.25) is 0 Å². The van der Waals surface area contributed by atoms with Crippen LogP contribution in [0.5, 0.6) is 0 Å². The van der Waals surface area contributed by atoms with Gasteiger partial charge in [-0.1, -0.05) is 18.2 Å². The van der Waals surface area contributed by atoms with Gasteiger partial charge < -0.3 is 5.11 Å². The number of aliphatic hydroxyl groups is 1. The molecule has 1 aromatic carbocycles. The Bertz CT molecular complexity index is 318. The van der Waals surface area contributed by atoms with Gasteiger partial charge in [-0.25, -0.2) is 0 Å². The number of fused-ring (bicyclic) bond motifs is 1. The standard InChI is InChI=1S/C10H11NO/c12-7-9-3-1-2-8-6-11-5-4-10(8)9/h1-3,6,12H,4-5,7H2. The van der Waals surface area contributed by atoms with Crippen molar-refractivity contribution in [3.8, 4) is 0 Å². The average molecular weight is 161 g/mol. The van der Waals surface area contributed by atoms with Crippen LogP contribution in [0.2, 0.25) is 0 Å². The van der Waals surface area contributed by atoms with Crippen molar-refractivity contribution in [2.24, 2.45) is 4.99 Å². The van der Waals surface area contributed by atoms with E-state index >= 15 is 0 Å². The van der Waals surface area contributed by atoms with Crippen LogP contribution in [0.15, 0.2) is 23.2 Å². The number of benzene rings is 1. The molecule has 0 atom stereocenters. The minimum atomic E-state index is 0.136. The lowest BCUT2D eigenvalue weighted by molar-refractivity contribution is 0.280. The van der Waals surface area contributed by atoms with Crippen LogP contribution >= 0.6 is 0 Å². The molecule has 1 heterocycles. The lowest BCUT2D eigenvalue weighted by Crippen LogP contribution is -2.06. The predicted molar refractivity (Wildman–Crippen MR) is 48.5 cm³/mol. The van der Waals surface area contributed by atoms with Crippen LogP contribution < -0.4 is 0 Å². The van der Waals surface area contributed by atoms with Gasteiger partial charge in [-0.15, -0.1) is 0 Å². The van der Waals surface area contributed by atoms with E-state index in [2.05, 4.69) is 4.99 Å². The molecule has 0 aromatic heterocycles. The molecule has 2 nitrogen and oxygen atoms in total. The molecular weight excluding hydrogens is 150 g/mol. The first-order valence-electron chi connectivity index (χ1n) is 4.13. The highest BCUT2D eigenvalue weighted by atomic mass is 16.3. The van der Waals surface area contributed by atoms with E-state index in [9.17, 15) is 0 Å². The predicted octanol–water partition coefficient (Wildman–Crippen LogP) is 1.15. The second-order valence-corrected chi connectivity index (χ2v) is 2.93. The molecule has 0 aliphatic carbocycles. The van der Waals surface area contributed by atoms with E-state index in [1.54, 1.807) is 0 Å². The number of nitrogens with zero attached hydrogens (tertiary/aromatic N) is 1. The largest absolute Gasteiger partial charge is 0.392 e. The van der Waals surface area contributed by atoms with Gasteiger partial charge in [0, 0.05) is 12.8 Å². The molecule has 0 radical (unpaired) electrons. The summed E-state index contributed by atoms with van der Waals surface area (Å²) in [5.41, 5.74) is 3.46. The number of hydrogen-bond donors (Lipinski definition) is 1. The molecule has 0 amide bonds. The Kier molecular flexibility index (Phi) is 1.92. The summed E-state index contributed by atoms with van der Waals surface area (Å²) in [7, 11) is 0. The maximum atomic E-state index is 9.05. The highest BCUT2D eigenvalue weighted by Crippen LogP contribution is 2.17. The zero-order chi connectivity index (χ0) is 8.39. The van der Waals surface area contributed by atoms with E-state index in [4.69, 9.17) is 5.11 Å². The molecular formula is C10H11NO. The molecule has 0 unspecified atom stereocenters. The molecule has 1 N–H and O–H groups in total. The molecule has 0 spiro atoms. The minimum absolute atomic E-state index is 0.136. The smallest absolute Gasteiger partial charge is 0.0684 e. The summed E-state index contributed by atoms with van der Waals surface area (Å²) in [5.74, 6) is 0. The van der Waals surface area contributed by atoms with E-state index in [1.165, 1.54) is 5.56 Å². The zero-order valence-corrected chi connectivity index (χ0v) is 6.83. The van der Waals surface area contributed by atoms with Crippen LogP contribution in [0.4, 0.5) is 0 Å². The summed E-state index contributed by atoms with van der Waals surface area (Å²) in [4.78, 5) is 4.19. The van der Waals surface area contributed by atoms with Crippen LogP contribution in [0.25, 0.3) is 0 Å². The fraction of sp³-hybridized carbons (Fsp3) is 0.300. The highest BCUT2D eigenvalue weighted by molar-refractivity contribution is 5.83. The number of rotatable bonds is 1. The van der Waals surface area contributed by atoms with E-state index in [0.717, 1.165) is 24.1 Å². The fourth-order valence-electron chi connectivity index (χ4n) is 1.57. The van der Waals surface area contributed by atoms with Gasteiger partial charge >= 0.3 is 0 Å². The van der Waals surface area contributed by atoms with Gasteiger partial charge in [-0.2, -0.15) is 0 Å². The molecule has 12 heavy (non-hydrogen) atoms. The van der Waals surface area contributed by atoms with E-state index in [-0.39, 0.29) is 6.61 Å². The average Bonchev–Trinajstić information content (AvgIpc) is 2.17. The maximum Gasteiger partial charge on any atom is 0.0684 e. The van der Waals surface area contributed by atoms with Crippen molar-refractivity contribution < 1.29 is 5.11 Å². The fourth-order valence-corrected chi connectivity index (χ4v) is 1.57. The summed E-state index contributed by atoms with van der Waals surface area (Å²) in [6.45, 7) is 0.987. The van der Waals surface area contributed by atoms with Gasteiger partial charge in [0.1, 0.15) is 0 Å². The van der Waals surface area contributed by atoms with E-state index in [1.807, 2.05) is 24.4 Å². The Balaban J connectivity index is 2.53. The van der Waals surface area contributed by atoms with E-state index < -0.39 is 0 Å². The molecule has 1 aliphatic rings. The number of hydrogen-bond acceptors (Lipinski definition) is 2. The SMILES string of the molecule is OCc1cccc2c1CCN=C2. The molecule has 62 valence electrons. The molecule has 0 fully saturated rings. The second-order valence-electron chi connectivity index (χ2n) is 2.93. The van der Waals surface area contributed by atoms with Crippen LogP contribution in [0.3, 0.4) is 0 Å². The Morgan fingerprint density at radius 2 is 2.33 bits per heavy atom. The normalized spacial score (nSPS) is 14.4. The van der Waals surface area contributed by atoms with Crippen LogP contribution in [-0.2, 0) is 13.0 Å². The maximum absolute atomic E-state index is 9.05. The summed E-state index contributed by atoms with van der Waals surface area (Å²) in [6.07, 6.45) is 2.85. The van der Waals surface area contributed by atoms with Crippen molar-refractivity contribution in [2.45, 2.75) is 13.0 Å². The Hall–Kier alpha value is -1.15. The quantitative estimate of drug-likeness (QED) is 0.658. The van der Waals surface area contributed by atoms with Gasteiger partial charge in [-0.05, 0) is 23.1 Å². The van der Waals surface area contributed by atoms with Crippen molar-refractivity contribution in [3.63, 3.8) is 0 Å². The van der Waals surface area contributed by atoms with Crippen molar-refractivity contribution >= 4 is 6.21 Å². The zero-order valence-electron chi connectivity index (χ0n) is 6.83. The summed E-state index contributed by atoms with van der Waals surface area (Å²) in [6, 6.07) is 5.97. The monoisotopic (exact) mass is 161 g/mol. The lowest BCUT2D eigenvalue weighted by atomic mass is 9.97. The molecule has 0 saturated heterocycles. The van der Waals surface area contributed by atoms with Crippen LogP contribution in [0.1, 0.15) is 16.7 Å². The number of aliphatic imine (C=N–C) groups is 1. The third-order valence-corrected chi connectivity index (χ3v) is 2.20. The van der Waals surface area contributed by atoms with Crippen molar-refractivity contribution in [1.82, 2.24) is 0 Å². The molecule has 1 aromatic rings. The van der Waals surface area contributed by atoms with Crippen molar-refractivity contribution in [2.75, 3.05) is 6.54 Å². The highest BCUT2D eigenvalue weighted by Gasteiger charge is 2.08. The summed E-state index contributed by atoms with van der Waals surface area (Å²) in [5, 5.41) is 9.05. The summed E-state index contributed by atoms with van der Waals surface area (Å²) >= 11 is 0. The first-order chi connectivity index (χ1) is 5.92. The third kappa shape index (κ3) is 1.14. The van der Waals surface area contributed by atoms with Crippen LogP contribution in [-0.4, -0.2) is 17.9 Å². The topological polar surface area (TPSA) is 32.6 Å². The lowest BCUT2D eigenvalue weighted by Gasteiger charge is -2.12. The molecule has 0 saturated carbocycles. The number of aliphatic hydroxyl groups excluding tert-OH is 1. The molecule has 2 rings (SSSR count). The van der Waals surface area contributed by atoms with Crippen LogP contribution in [0, 0.1) is 0 Å². The molecule has 0 bridgehead atoms. The van der Waals surface area contributed by atoms with Gasteiger partial charge in [-0.3, -0.25) is 4.99 Å². The van der Waals surface area contributed by atoms with Gasteiger partial charge in [0.05, 0.1) is 6.61 Å². The Morgan fingerprint density at radius 3 is 3.17 bits per heavy atom. The minimum Gasteiger partial charge on any atom is -0.392 e.